The molecular weight excluding hydrogens is 268 g/mol. The zero-order valence-electron chi connectivity index (χ0n) is 12.9. The molecule has 1 aromatic rings. The third-order valence-electron chi connectivity index (χ3n) is 3.21. The monoisotopic (exact) mass is 292 g/mol. The standard InChI is InChI=1S/C16H24N2O3/c1-16(2,3)18(10-9-15(20)21)12-14(19)17-11-13-7-5-4-6-8-13/h4-8H,9-12H2,1-3H3,(H,17,19)(H,20,21). The van der Waals surface area contributed by atoms with E-state index in [-0.39, 0.29) is 24.4 Å². The van der Waals surface area contributed by atoms with Crippen molar-refractivity contribution in [1.82, 2.24) is 10.2 Å². The van der Waals surface area contributed by atoms with Gasteiger partial charge in [-0.1, -0.05) is 30.3 Å². The molecule has 116 valence electrons. The fraction of sp³-hybridized carbons (Fsp3) is 0.500. The molecule has 0 atom stereocenters. The van der Waals surface area contributed by atoms with Gasteiger partial charge in [-0.25, -0.2) is 0 Å². The third-order valence-corrected chi connectivity index (χ3v) is 3.21. The lowest BCUT2D eigenvalue weighted by Gasteiger charge is -2.34. The van der Waals surface area contributed by atoms with E-state index in [1.807, 2.05) is 56.0 Å². The van der Waals surface area contributed by atoms with Crippen molar-refractivity contribution in [2.24, 2.45) is 0 Å². The summed E-state index contributed by atoms with van der Waals surface area (Å²) in [5.41, 5.74) is 0.790. The average Bonchev–Trinajstić information content (AvgIpc) is 2.41. The minimum absolute atomic E-state index is 0.0310. The second-order valence-electron chi connectivity index (χ2n) is 6.00. The molecule has 0 bridgehead atoms. The van der Waals surface area contributed by atoms with Crippen LogP contribution >= 0.6 is 0 Å². The maximum absolute atomic E-state index is 12.0. The Kier molecular flexibility index (Phi) is 6.37. The molecule has 0 radical (unpaired) electrons. The van der Waals surface area contributed by atoms with Crippen LogP contribution in [0.15, 0.2) is 30.3 Å². The molecule has 0 aliphatic rings. The fourth-order valence-electron chi connectivity index (χ4n) is 1.91. The van der Waals surface area contributed by atoms with Crippen molar-refractivity contribution in [2.45, 2.75) is 39.3 Å². The molecule has 0 spiro atoms. The summed E-state index contributed by atoms with van der Waals surface area (Å²) in [5, 5.41) is 11.6. The summed E-state index contributed by atoms with van der Waals surface area (Å²) in [6.07, 6.45) is 0.0310. The number of amides is 1. The van der Waals surface area contributed by atoms with Crippen molar-refractivity contribution in [3.8, 4) is 0 Å². The average molecular weight is 292 g/mol. The van der Waals surface area contributed by atoms with Gasteiger partial charge < -0.3 is 10.4 Å². The molecule has 5 nitrogen and oxygen atoms in total. The Labute approximate surface area is 126 Å². The van der Waals surface area contributed by atoms with E-state index in [2.05, 4.69) is 5.32 Å². The maximum Gasteiger partial charge on any atom is 0.304 e. The van der Waals surface area contributed by atoms with E-state index >= 15 is 0 Å². The number of carbonyl (C=O) groups excluding carboxylic acids is 1. The Morgan fingerprint density at radius 3 is 2.33 bits per heavy atom. The number of rotatable bonds is 7. The van der Waals surface area contributed by atoms with Gasteiger partial charge in [-0.3, -0.25) is 14.5 Å². The molecule has 0 aromatic heterocycles. The molecule has 5 heteroatoms. The van der Waals surface area contributed by atoms with E-state index in [9.17, 15) is 9.59 Å². The Morgan fingerprint density at radius 1 is 1.19 bits per heavy atom. The third kappa shape index (κ3) is 6.90. The highest BCUT2D eigenvalue weighted by Gasteiger charge is 2.23. The van der Waals surface area contributed by atoms with Gasteiger partial charge in [-0.15, -0.1) is 0 Å². The minimum atomic E-state index is -0.853. The van der Waals surface area contributed by atoms with Crippen LogP contribution in [-0.4, -0.2) is 40.5 Å². The second-order valence-corrected chi connectivity index (χ2v) is 6.00. The second kappa shape index (κ2) is 7.78. The number of nitrogens with zero attached hydrogens (tertiary/aromatic N) is 1. The van der Waals surface area contributed by atoms with Gasteiger partial charge >= 0.3 is 5.97 Å². The van der Waals surface area contributed by atoms with E-state index in [1.165, 1.54) is 0 Å². The van der Waals surface area contributed by atoms with Gasteiger partial charge in [0.25, 0.3) is 0 Å². The number of hydrogen-bond donors (Lipinski definition) is 2. The van der Waals surface area contributed by atoms with Gasteiger partial charge in [0.1, 0.15) is 0 Å². The minimum Gasteiger partial charge on any atom is -0.481 e. The molecule has 1 amide bonds. The number of hydrogen-bond acceptors (Lipinski definition) is 3. The van der Waals surface area contributed by atoms with Crippen molar-refractivity contribution < 1.29 is 14.7 Å². The highest BCUT2D eigenvalue weighted by molar-refractivity contribution is 5.78. The van der Waals surface area contributed by atoms with Crippen LogP contribution in [0.25, 0.3) is 0 Å². The van der Waals surface area contributed by atoms with E-state index in [4.69, 9.17) is 5.11 Å². The number of aliphatic carboxylic acids is 1. The number of carboxylic acid groups (broad SMARTS) is 1. The molecule has 1 aromatic carbocycles. The van der Waals surface area contributed by atoms with Gasteiger partial charge in [0, 0.05) is 18.6 Å². The predicted molar refractivity (Wildman–Crippen MR) is 81.9 cm³/mol. The Morgan fingerprint density at radius 2 is 1.81 bits per heavy atom. The molecule has 0 heterocycles. The van der Waals surface area contributed by atoms with Crippen LogP contribution in [-0.2, 0) is 16.1 Å². The molecular formula is C16H24N2O3. The first-order valence-corrected chi connectivity index (χ1v) is 7.06. The Hall–Kier alpha value is -1.88. The van der Waals surface area contributed by atoms with E-state index in [1.54, 1.807) is 0 Å². The predicted octanol–water partition coefficient (Wildman–Crippen LogP) is 1.88. The quantitative estimate of drug-likeness (QED) is 0.805. The van der Waals surface area contributed by atoms with Gasteiger partial charge in [0.05, 0.1) is 13.0 Å². The first kappa shape index (κ1) is 17.2. The summed E-state index contributed by atoms with van der Waals surface area (Å²) in [4.78, 5) is 24.6. The van der Waals surface area contributed by atoms with Crippen LogP contribution < -0.4 is 5.32 Å². The van der Waals surface area contributed by atoms with E-state index < -0.39 is 5.97 Å². The zero-order valence-corrected chi connectivity index (χ0v) is 12.9. The summed E-state index contributed by atoms with van der Waals surface area (Å²) in [5.74, 6) is -0.951. The Bertz CT molecular complexity index is 466. The molecule has 21 heavy (non-hydrogen) atoms. The molecule has 0 unspecified atom stereocenters. The summed E-state index contributed by atoms with van der Waals surface area (Å²) >= 11 is 0. The maximum atomic E-state index is 12.0. The largest absolute Gasteiger partial charge is 0.481 e. The van der Waals surface area contributed by atoms with Crippen molar-refractivity contribution >= 4 is 11.9 Å². The van der Waals surface area contributed by atoms with E-state index in [0.29, 0.717) is 13.1 Å². The van der Waals surface area contributed by atoms with Crippen molar-refractivity contribution in [3.63, 3.8) is 0 Å². The van der Waals surface area contributed by atoms with Gasteiger partial charge in [0.15, 0.2) is 0 Å². The van der Waals surface area contributed by atoms with Crippen LogP contribution in [0, 0.1) is 0 Å². The van der Waals surface area contributed by atoms with Crippen molar-refractivity contribution in [2.75, 3.05) is 13.1 Å². The number of nitrogens with one attached hydrogen (secondary N) is 1. The van der Waals surface area contributed by atoms with Crippen LogP contribution in [0.5, 0.6) is 0 Å². The molecule has 0 fully saturated rings. The van der Waals surface area contributed by atoms with Crippen LogP contribution in [0.3, 0.4) is 0 Å². The summed E-state index contributed by atoms with van der Waals surface area (Å²) in [6, 6.07) is 9.68. The summed E-state index contributed by atoms with van der Waals surface area (Å²) in [6.45, 7) is 6.95. The first-order chi connectivity index (χ1) is 9.79. The SMILES string of the molecule is CC(C)(C)N(CCC(=O)O)CC(=O)NCc1ccccc1. The molecule has 0 saturated heterocycles. The Balaban J connectivity index is 2.50. The highest BCUT2D eigenvalue weighted by atomic mass is 16.4. The smallest absolute Gasteiger partial charge is 0.304 e. The molecule has 1 rings (SSSR count). The van der Waals surface area contributed by atoms with Gasteiger partial charge in [-0.2, -0.15) is 0 Å². The highest BCUT2D eigenvalue weighted by Crippen LogP contribution is 2.13. The van der Waals surface area contributed by atoms with Crippen molar-refractivity contribution in [1.29, 1.82) is 0 Å². The topological polar surface area (TPSA) is 69.6 Å². The number of carboxylic acids is 1. The van der Waals surface area contributed by atoms with Gasteiger partial charge in [0.2, 0.25) is 5.91 Å². The number of benzene rings is 1. The summed E-state index contributed by atoms with van der Waals surface area (Å²) < 4.78 is 0. The fourth-order valence-corrected chi connectivity index (χ4v) is 1.91. The number of carbonyl (C=O) groups is 2. The van der Waals surface area contributed by atoms with Crippen LogP contribution in [0.4, 0.5) is 0 Å². The molecule has 0 aliphatic heterocycles. The van der Waals surface area contributed by atoms with Crippen LogP contribution in [0.1, 0.15) is 32.8 Å². The molecule has 0 saturated carbocycles. The normalized spacial score (nSPS) is 11.4. The van der Waals surface area contributed by atoms with Crippen molar-refractivity contribution in [3.05, 3.63) is 35.9 Å². The molecule has 2 N–H and O–H groups in total. The molecule has 0 aliphatic carbocycles. The lowest BCUT2D eigenvalue weighted by atomic mass is 10.1. The lowest BCUT2D eigenvalue weighted by molar-refractivity contribution is -0.138. The van der Waals surface area contributed by atoms with Gasteiger partial charge in [-0.05, 0) is 26.3 Å². The lowest BCUT2D eigenvalue weighted by Crippen LogP contribution is -2.47. The first-order valence-electron chi connectivity index (χ1n) is 7.06. The summed E-state index contributed by atoms with van der Waals surface area (Å²) in [7, 11) is 0. The zero-order chi connectivity index (χ0) is 15.9. The van der Waals surface area contributed by atoms with E-state index in [0.717, 1.165) is 5.56 Å². The van der Waals surface area contributed by atoms with Crippen LogP contribution in [0.2, 0.25) is 0 Å².